The first-order valence-corrected chi connectivity index (χ1v) is 11.2. The molecule has 0 aliphatic carbocycles. The summed E-state index contributed by atoms with van der Waals surface area (Å²) in [5.41, 5.74) is 1.05. The Morgan fingerprint density at radius 1 is 1.12 bits per heavy atom. The van der Waals surface area contributed by atoms with Crippen molar-refractivity contribution in [1.82, 2.24) is 15.2 Å². The van der Waals surface area contributed by atoms with E-state index in [4.69, 9.17) is 4.74 Å². The van der Waals surface area contributed by atoms with Crippen LogP contribution in [0.25, 0.3) is 11.3 Å². The smallest absolute Gasteiger partial charge is 0.416 e. The van der Waals surface area contributed by atoms with Crippen LogP contribution in [0.4, 0.5) is 18.9 Å². The highest BCUT2D eigenvalue weighted by Gasteiger charge is 2.36. The van der Waals surface area contributed by atoms with Gasteiger partial charge in [-0.3, -0.25) is 9.69 Å². The third-order valence-electron chi connectivity index (χ3n) is 4.92. The lowest BCUT2D eigenvalue weighted by Crippen LogP contribution is -2.36. The minimum Gasteiger partial charge on any atom is -0.447 e. The minimum atomic E-state index is -4.47. The summed E-state index contributed by atoms with van der Waals surface area (Å²) in [4.78, 5) is 18.6. The van der Waals surface area contributed by atoms with Crippen molar-refractivity contribution in [3.63, 3.8) is 0 Å². The molecular formula is C23H21F3N4O2S. The van der Waals surface area contributed by atoms with E-state index in [2.05, 4.69) is 29.0 Å². The average molecular weight is 475 g/mol. The number of hydrogen-bond donors (Lipinski definition) is 0. The largest absolute Gasteiger partial charge is 0.447 e. The van der Waals surface area contributed by atoms with Crippen LogP contribution in [0.15, 0.2) is 53.7 Å². The Morgan fingerprint density at radius 2 is 1.82 bits per heavy atom. The molecule has 1 aliphatic heterocycles. The predicted molar refractivity (Wildman–Crippen MR) is 119 cm³/mol. The molecule has 33 heavy (non-hydrogen) atoms. The monoisotopic (exact) mass is 474 g/mol. The van der Waals surface area contributed by atoms with E-state index < -0.39 is 18.0 Å². The highest BCUT2D eigenvalue weighted by atomic mass is 32.2. The van der Waals surface area contributed by atoms with Gasteiger partial charge in [0, 0.05) is 23.8 Å². The number of para-hydroxylation sites is 1. The highest BCUT2D eigenvalue weighted by molar-refractivity contribution is 7.99. The second kappa shape index (κ2) is 9.01. The Balaban J connectivity index is 1.84. The average Bonchev–Trinajstić information content (AvgIpc) is 2.91. The van der Waals surface area contributed by atoms with Crippen molar-refractivity contribution in [1.29, 1.82) is 0 Å². The number of carbonyl (C=O) groups is 1. The fourth-order valence-electron chi connectivity index (χ4n) is 3.41. The predicted octanol–water partition coefficient (Wildman–Crippen LogP) is 5.75. The molecule has 0 unspecified atom stereocenters. The molecule has 2 heterocycles. The molecule has 0 spiro atoms. The van der Waals surface area contributed by atoms with E-state index in [-0.39, 0.29) is 11.8 Å². The number of carbonyl (C=O) groups excluding carboxylic acids is 1. The molecule has 4 rings (SSSR count). The maximum atomic E-state index is 13.1. The summed E-state index contributed by atoms with van der Waals surface area (Å²) >= 11 is 1.43. The molecule has 1 atom stereocenters. The van der Waals surface area contributed by atoms with Gasteiger partial charge in [-0.1, -0.05) is 55.9 Å². The SMILES string of the molecule is CC(=O)N1c2ccccc2-c2nnc(SCC(C)C)nc2O[C@H]1c1ccc(C(F)(F)F)cc1. The van der Waals surface area contributed by atoms with Crippen molar-refractivity contribution in [2.24, 2.45) is 5.92 Å². The van der Waals surface area contributed by atoms with Crippen LogP contribution in [0.5, 0.6) is 5.88 Å². The van der Waals surface area contributed by atoms with Crippen LogP contribution in [-0.4, -0.2) is 26.8 Å². The summed E-state index contributed by atoms with van der Waals surface area (Å²) in [6, 6.07) is 11.6. The van der Waals surface area contributed by atoms with E-state index in [1.807, 2.05) is 0 Å². The number of thioether (sulfide) groups is 1. The molecule has 1 aromatic heterocycles. The Labute approximate surface area is 193 Å². The summed E-state index contributed by atoms with van der Waals surface area (Å²) in [7, 11) is 0. The molecule has 6 nitrogen and oxygen atoms in total. The highest BCUT2D eigenvalue weighted by Crippen LogP contribution is 2.43. The van der Waals surface area contributed by atoms with Gasteiger partial charge in [-0.25, -0.2) is 0 Å². The zero-order chi connectivity index (χ0) is 23.8. The fourth-order valence-corrected chi connectivity index (χ4v) is 4.14. The Hall–Kier alpha value is -3.14. The lowest BCUT2D eigenvalue weighted by molar-refractivity contribution is -0.137. The van der Waals surface area contributed by atoms with Gasteiger partial charge in [-0.05, 0) is 24.1 Å². The number of fused-ring (bicyclic) bond motifs is 3. The topological polar surface area (TPSA) is 68.2 Å². The molecule has 10 heteroatoms. The number of hydrogen-bond acceptors (Lipinski definition) is 6. The van der Waals surface area contributed by atoms with Crippen molar-refractivity contribution in [2.75, 3.05) is 10.7 Å². The molecule has 1 amide bonds. The van der Waals surface area contributed by atoms with E-state index in [9.17, 15) is 18.0 Å². The minimum absolute atomic E-state index is 0.164. The van der Waals surface area contributed by atoms with Gasteiger partial charge in [0.15, 0.2) is 5.69 Å². The first kappa shape index (κ1) is 23.0. The van der Waals surface area contributed by atoms with Crippen molar-refractivity contribution >= 4 is 23.4 Å². The summed E-state index contributed by atoms with van der Waals surface area (Å²) in [5, 5.41) is 8.94. The van der Waals surface area contributed by atoms with Crippen LogP contribution in [0.1, 0.15) is 38.1 Å². The summed E-state index contributed by atoms with van der Waals surface area (Å²) < 4.78 is 45.4. The van der Waals surface area contributed by atoms with Gasteiger partial charge in [0.05, 0.1) is 11.3 Å². The normalized spacial score (nSPS) is 15.5. The molecule has 0 saturated heterocycles. The van der Waals surface area contributed by atoms with Crippen molar-refractivity contribution in [3.8, 4) is 17.1 Å². The second-order valence-corrected chi connectivity index (χ2v) is 8.94. The molecule has 172 valence electrons. The van der Waals surface area contributed by atoms with Crippen LogP contribution in [0.3, 0.4) is 0 Å². The van der Waals surface area contributed by atoms with Crippen LogP contribution < -0.4 is 9.64 Å². The quantitative estimate of drug-likeness (QED) is 0.449. The molecule has 0 radical (unpaired) electrons. The number of nitrogens with zero attached hydrogens (tertiary/aromatic N) is 4. The second-order valence-electron chi connectivity index (χ2n) is 7.95. The first-order valence-electron chi connectivity index (χ1n) is 10.3. The number of anilines is 1. The van der Waals surface area contributed by atoms with Gasteiger partial charge in [0.1, 0.15) is 0 Å². The van der Waals surface area contributed by atoms with E-state index in [1.165, 1.54) is 35.7 Å². The molecule has 1 aliphatic rings. The van der Waals surface area contributed by atoms with Crippen molar-refractivity contribution in [2.45, 2.75) is 38.3 Å². The molecular weight excluding hydrogens is 453 g/mol. The molecule has 0 saturated carbocycles. The third-order valence-corrected chi connectivity index (χ3v) is 6.18. The van der Waals surface area contributed by atoms with Crippen molar-refractivity contribution < 1.29 is 22.7 Å². The number of amides is 1. The number of halogens is 3. The van der Waals surface area contributed by atoms with Crippen LogP contribution in [-0.2, 0) is 11.0 Å². The van der Waals surface area contributed by atoms with Crippen LogP contribution >= 0.6 is 11.8 Å². The number of aromatic nitrogens is 3. The fraction of sp³-hybridized carbons (Fsp3) is 0.304. The van der Waals surface area contributed by atoms with Gasteiger partial charge in [-0.15, -0.1) is 10.2 Å². The molecule has 3 aromatic rings. The third kappa shape index (κ3) is 4.80. The Kier molecular flexibility index (Phi) is 6.29. The van der Waals surface area contributed by atoms with Crippen LogP contribution in [0, 0.1) is 5.92 Å². The standard InChI is InChI=1S/C23H21F3N4O2S/c1-13(2)12-33-22-27-20-19(28-29-22)17-6-4-5-7-18(17)30(14(3)31)21(32-20)15-8-10-16(11-9-15)23(24,25)26/h4-11,13,21H,12H2,1-3H3/t21-/m0/s1. The van der Waals surface area contributed by atoms with E-state index in [0.29, 0.717) is 33.6 Å². The van der Waals surface area contributed by atoms with Gasteiger partial charge in [0.2, 0.25) is 23.2 Å². The van der Waals surface area contributed by atoms with Crippen molar-refractivity contribution in [3.05, 3.63) is 59.7 Å². The van der Waals surface area contributed by atoms with E-state index >= 15 is 0 Å². The molecule has 0 bridgehead atoms. The number of alkyl halides is 3. The number of benzene rings is 2. The lowest BCUT2D eigenvalue weighted by atomic mass is 10.1. The van der Waals surface area contributed by atoms with Gasteiger partial charge in [-0.2, -0.15) is 18.2 Å². The first-order chi connectivity index (χ1) is 15.6. The molecule has 0 N–H and O–H groups in total. The van der Waals surface area contributed by atoms with Gasteiger partial charge < -0.3 is 4.74 Å². The Morgan fingerprint density at radius 3 is 2.45 bits per heavy atom. The summed E-state index contributed by atoms with van der Waals surface area (Å²) in [6.07, 6.45) is -5.51. The maximum absolute atomic E-state index is 13.1. The molecule has 0 fully saturated rings. The van der Waals surface area contributed by atoms with Gasteiger partial charge >= 0.3 is 6.18 Å². The Bertz CT molecular complexity index is 1170. The summed E-state index contributed by atoms with van der Waals surface area (Å²) in [5.74, 6) is 1.01. The molecule has 2 aromatic carbocycles. The maximum Gasteiger partial charge on any atom is 0.416 e. The number of rotatable bonds is 4. The zero-order valence-electron chi connectivity index (χ0n) is 18.1. The number of ether oxygens (including phenoxy) is 1. The lowest BCUT2D eigenvalue weighted by Gasteiger charge is -2.30. The van der Waals surface area contributed by atoms with Gasteiger partial charge in [0.25, 0.3) is 0 Å². The van der Waals surface area contributed by atoms with E-state index in [0.717, 1.165) is 17.9 Å². The van der Waals surface area contributed by atoms with Crippen LogP contribution in [0.2, 0.25) is 0 Å². The zero-order valence-corrected chi connectivity index (χ0v) is 18.9. The summed E-state index contributed by atoms with van der Waals surface area (Å²) in [6.45, 7) is 5.51. The van der Waals surface area contributed by atoms with E-state index in [1.54, 1.807) is 24.3 Å².